The highest BCUT2D eigenvalue weighted by molar-refractivity contribution is 7.10. The number of carbonyl (C=O) groups is 1. The fraction of sp³-hybridized carbons (Fsp3) is 0.143. The number of nitrogens with zero attached hydrogens (tertiary/aromatic N) is 4. The largest absolute Gasteiger partial charge is 0.296 e. The van der Waals surface area contributed by atoms with Crippen LogP contribution in [0.5, 0.6) is 0 Å². The molecule has 1 aromatic rings. The summed E-state index contributed by atoms with van der Waals surface area (Å²) >= 11 is 1.37. The van der Waals surface area contributed by atoms with Crippen LogP contribution in [0.15, 0.2) is 16.6 Å². The lowest BCUT2D eigenvalue weighted by Crippen LogP contribution is -1.77. The Morgan fingerprint density at radius 3 is 3.23 bits per heavy atom. The molecule has 0 radical (unpaired) electrons. The number of carbonyl (C=O) groups excluding carboxylic acids is 1. The molecule has 6 heteroatoms. The van der Waals surface area contributed by atoms with Gasteiger partial charge in [0.2, 0.25) is 0 Å². The van der Waals surface area contributed by atoms with Gasteiger partial charge in [-0.3, -0.25) is 4.79 Å². The zero-order valence-electron chi connectivity index (χ0n) is 6.62. The predicted octanol–water partition coefficient (Wildman–Crippen LogP) is 2.28. The van der Waals surface area contributed by atoms with Crippen molar-refractivity contribution in [3.8, 4) is 0 Å². The van der Waals surface area contributed by atoms with Crippen LogP contribution in [0.3, 0.4) is 0 Å². The lowest BCUT2D eigenvalue weighted by molar-refractivity contribution is 0.111. The molecule has 0 aliphatic heterocycles. The molecule has 0 saturated carbocycles. The molecule has 0 amide bonds. The number of rotatable bonds is 4. The van der Waals surface area contributed by atoms with Gasteiger partial charge in [0.15, 0.2) is 6.29 Å². The minimum absolute atomic E-state index is 0.298. The van der Waals surface area contributed by atoms with Crippen LogP contribution in [0.4, 0.5) is 0 Å². The molecule has 0 unspecified atom stereocenters. The van der Waals surface area contributed by atoms with Gasteiger partial charge < -0.3 is 0 Å². The third-order valence-electron chi connectivity index (χ3n) is 1.17. The van der Waals surface area contributed by atoms with Crippen LogP contribution < -0.4 is 0 Å². The van der Waals surface area contributed by atoms with Crippen molar-refractivity contribution in [3.63, 3.8) is 0 Å². The summed E-state index contributed by atoms with van der Waals surface area (Å²) in [6.07, 6.45) is 4.10. The number of azide groups is 1. The predicted molar refractivity (Wildman–Crippen MR) is 50.5 cm³/mol. The summed E-state index contributed by atoms with van der Waals surface area (Å²) in [7, 11) is 0. The Morgan fingerprint density at radius 1 is 1.77 bits per heavy atom. The maximum absolute atomic E-state index is 10.2. The second kappa shape index (κ2) is 5.08. The molecule has 1 heterocycles. The summed E-state index contributed by atoms with van der Waals surface area (Å²) < 4.78 is 0. The first-order chi connectivity index (χ1) is 6.36. The molecule has 66 valence electrons. The van der Waals surface area contributed by atoms with E-state index in [2.05, 4.69) is 15.0 Å². The summed E-state index contributed by atoms with van der Waals surface area (Å²) in [6, 6.07) is 0. The SMILES string of the molecule is [N-]=[N+]=NCC=Cc1nc(C=O)cs1. The summed E-state index contributed by atoms with van der Waals surface area (Å²) in [5, 5.41) is 5.71. The molecular weight excluding hydrogens is 188 g/mol. The van der Waals surface area contributed by atoms with Gasteiger partial charge in [-0.15, -0.1) is 11.3 Å². The molecule has 0 aliphatic rings. The number of hydrogen-bond donors (Lipinski definition) is 0. The van der Waals surface area contributed by atoms with Crippen LogP contribution in [0.1, 0.15) is 15.5 Å². The maximum atomic E-state index is 10.2. The summed E-state index contributed by atoms with van der Waals surface area (Å²) in [5.41, 5.74) is 8.40. The highest BCUT2D eigenvalue weighted by Crippen LogP contribution is 2.09. The van der Waals surface area contributed by atoms with Gasteiger partial charge in [0.05, 0.1) is 0 Å². The van der Waals surface area contributed by atoms with E-state index in [0.29, 0.717) is 18.5 Å². The fourth-order valence-corrected chi connectivity index (χ4v) is 1.35. The van der Waals surface area contributed by atoms with Gasteiger partial charge in [-0.05, 0) is 11.6 Å². The first kappa shape index (κ1) is 9.44. The molecule has 0 spiro atoms. The van der Waals surface area contributed by atoms with Crippen LogP contribution in [-0.4, -0.2) is 17.8 Å². The van der Waals surface area contributed by atoms with Gasteiger partial charge >= 0.3 is 0 Å². The van der Waals surface area contributed by atoms with Gasteiger partial charge in [0.1, 0.15) is 10.7 Å². The topological polar surface area (TPSA) is 78.7 Å². The molecule has 1 aromatic heterocycles. The maximum Gasteiger partial charge on any atom is 0.169 e. The van der Waals surface area contributed by atoms with Crippen molar-refractivity contribution in [3.05, 3.63) is 32.6 Å². The molecule has 1 rings (SSSR count). The molecule has 13 heavy (non-hydrogen) atoms. The Labute approximate surface area is 78.4 Å². The van der Waals surface area contributed by atoms with Crippen molar-refractivity contribution in [2.75, 3.05) is 6.54 Å². The van der Waals surface area contributed by atoms with E-state index < -0.39 is 0 Å². The van der Waals surface area contributed by atoms with E-state index in [0.717, 1.165) is 5.01 Å². The average Bonchev–Trinajstić information content (AvgIpc) is 2.60. The van der Waals surface area contributed by atoms with Crippen LogP contribution in [0.25, 0.3) is 16.5 Å². The van der Waals surface area contributed by atoms with E-state index in [-0.39, 0.29) is 0 Å². The Bertz CT molecular complexity index is 364. The lowest BCUT2D eigenvalue weighted by atomic mass is 10.5. The Hall–Kier alpha value is -1.65. The third-order valence-corrected chi connectivity index (χ3v) is 2.00. The average molecular weight is 194 g/mol. The standard InChI is InChI=1S/C7H6N4OS/c8-11-9-3-1-2-7-10-6(4-12)5-13-7/h1-2,4-5H,3H2. The first-order valence-corrected chi connectivity index (χ1v) is 4.33. The van der Waals surface area contributed by atoms with E-state index in [9.17, 15) is 4.79 Å². The van der Waals surface area contributed by atoms with Gasteiger partial charge in [-0.2, -0.15) is 0 Å². The van der Waals surface area contributed by atoms with E-state index in [4.69, 9.17) is 5.53 Å². The third kappa shape index (κ3) is 3.06. The van der Waals surface area contributed by atoms with E-state index in [1.165, 1.54) is 11.3 Å². The van der Waals surface area contributed by atoms with E-state index >= 15 is 0 Å². The van der Waals surface area contributed by atoms with Crippen molar-refractivity contribution in [2.24, 2.45) is 5.11 Å². The van der Waals surface area contributed by atoms with Crippen molar-refractivity contribution < 1.29 is 4.79 Å². The first-order valence-electron chi connectivity index (χ1n) is 3.45. The van der Waals surface area contributed by atoms with E-state index in [1.54, 1.807) is 17.5 Å². The van der Waals surface area contributed by atoms with E-state index in [1.807, 2.05) is 0 Å². The number of thiazole rings is 1. The van der Waals surface area contributed by atoms with Crippen molar-refractivity contribution >= 4 is 23.7 Å². The van der Waals surface area contributed by atoms with Gasteiger partial charge in [-0.25, -0.2) is 4.98 Å². The van der Waals surface area contributed by atoms with Gasteiger partial charge in [0.25, 0.3) is 0 Å². The second-order valence-corrected chi connectivity index (χ2v) is 2.93. The number of hydrogen-bond acceptors (Lipinski definition) is 4. The molecule has 5 nitrogen and oxygen atoms in total. The normalized spacial score (nSPS) is 9.85. The lowest BCUT2D eigenvalue weighted by Gasteiger charge is -1.79. The van der Waals surface area contributed by atoms with Gasteiger partial charge in [-0.1, -0.05) is 11.2 Å². The van der Waals surface area contributed by atoms with Crippen molar-refractivity contribution in [1.29, 1.82) is 0 Å². The molecule has 0 fully saturated rings. The second-order valence-electron chi connectivity index (χ2n) is 2.04. The molecule has 0 atom stereocenters. The van der Waals surface area contributed by atoms with Crippen LogP contribution in [0, 0.1) is 0 Å². The van der Waals surface area contributed by atoms with Gasteiger partial charge in [0, 0.05) is 16.8 Å². The number of aldehydes is 1. The van der Waals surface area contributed by atoms with Crippen LogP contribution >= 0.6 is 11.3 Å². The summed E-state index contributed by atoms with van der Waals surface area (Å²) in [6.45, 7) is 0.298. The quantitative estimate of drug-likeness (QED) is 0.319. The zero-order valence-corrected chi connectivity index (χ0v) is 7.44. The molecule has 0 aromatic carbocycles. The molecular formula is C7H6N4OS. The minimum Gasteiger partial charge on any atom is -0.296 e. The Morgan fingerprint density at radius 2 is 2.62 bits per heavy atom. The highest BCUT2D eigenvalue weighted by atomic mass is 32.1. The van der Waals surface area contributed by atoms with Crippen molar-refractivity contribution in [2.45, 2.75) is 0 Å². The highest BCUT2D eigenvalue weighted by Gasteiger charge is 1.95. The number of aromatic nitrogens is 1. The molecule has 0 aliphatic carbocycles. The fourth-order valence-electron chi connectivity index (χ4n) is 0.669. The smallest absolute Gasteiger partial charge is 0.169 e. The Kier molecular flexibility index (Phi) is 3.69. The monoisotopic (exact) mass is 194 g/mol. The zero-order chi connectivity index (χ0) is 9.52. The minimum atomic E-state index is 0.298. The summed E-state index contributed by atoms with van der Waals surface area (Å²) in [5.74, 6) is 0. The Balaban J connectivity index is 2.57. The summed E-state index contributed by atoms with van der Waals surface area (Å²) in [4.78, 5) is 16.8. The van der Waals surface area contributed by atoms with Crippen LogP contribution in [0.2, 0.25) is 0 Å². The molecule has 0 saturated heterocycles. The molecule has 0 bridgehead atoms. The van der Waals surface area contributed by atoms with Crippen molar-refractivity contribution in [1.82, 2.24) is 4.98 Å². The van der Waals surface area contributed by atoms with Crippen LogP contribution in [-0.2, 0) is 0 Å². The molecule has 0 N–H and O–H groups in total.